The molecule has 0 heterocycles. The largest absolute Gasteiger partial charge is 0.549 e. The van der Waals surface area contributed by atoms with Gasteiger partial charge in [-0.15, -0.1) is 29.7 Å². The molecule has 0 unspecified atom stereocenters. The van der Waals surface area contributed by atoms with Crippen LogP contribution in [0.3, 0.4) is 0 Å². The molecule has 0 bridgehead atoms. The summed E-state index contributed by atoms with van der Waals surface area (Å²) in [6.45, 7) is -0.277. The van der Waals surface area contributed by atoms with E-state index in [-0.39, 0.29) is 12.5 Å². The van der Waals surface area contributed by atoms with Crippen molar-refractivity contribution in [1.82, 2.24) is 0 Å². The predicted molar refractivity (Wildman–Crippen MR) is 23.8 cm³/mol. The number of rotatable bonds is 3. The molecule has 0 saturated heterocycles. The van der Waals surface area contributed by atoms with Gasteiger partial charge < -0.3 is 0 Å². The van der Waals surface area contributed by atoms with Crippen LogP contribution in [-0.4, -0.2) is 18.8 Å². The van der Waals surface area contributed by atoms with Crippen LogP contribution in [0.25, 0.3) is 0 Å². The van der Waals surface area contributed by atoms with Crippen LogP contribution in [0.2, 0.25) is 0 Å². The molecular formula is C3H4ClF3O2. The van der Waals surface area contributed by atoms with E-state index >= 15 is 0 Å². The lowest BCUT2D eigenvalue weighted by Crippen LogP contribution is -2.14. The zero-order valence-corrected chi connectivity index (χ0v) is 5.00. The van der Waals surface area contributed by atoms with Gasteiger partial charge in [-0.1, -0.05) is 0 Å². The molecule has 0 rings (SSSR count). The van der Waals surface area contributed by atoms with E-state index < -0.39 is 6.36 Å². The average Bonchev–Trinajstić information content (AvgIpc) is 1.63. The zero-order valence-electron chi connectivity index (χ0n) is 4.24. The Bertz CT molecular complexity index is 73.9. The van der Waals surface area contributed by atoms with Crippen molar-refractivity contribution >= 4 is 11.6 Å². The second-order valence-electron chi connectivity index (χ2n) is 1.04. The van der Waals surface area contributed by atoms with Crippen LogP contribution in [0.1, 0.15) is 0 Å². The fourth-order valence-corrected chi connectivity index (χ4v) is 0.203. The van der Waals surface area contributed by atoms with Crippen molar-refractivity contribution in [3.8, 4) is 0 Å². The molecule has 0 saturated carbocycles. The standard InChI is InChI=1S/C3H4ClF3O2/c4-1-2-8-9-3(5,6)7/h1-2H2. The van der Waals surface area contributed by atoms with Crippen molar-refractivity contribution < 1.29 is 22.9 Å². The van der Waals surface area contributed by atoms with Crippen LogP contribution in [0, 0.1) is 0 Å². The third-order valence-electron chi connectivity index (χ3n) is 0.314. The number of halogens is 4. The number of alkyl halides is 4. The maximum absolute atomic E-state index is 11.0. The van der Waals surface area contributed by atoms with Gasteiger partial charge in [0.25, 0.3) is 0 Å². The highest BCUT2D eigenvalue weighted by Crippen LogP contribution is 2.15. The van der Waals surface area contributed by atoms with Gasteiger partial charge in [-0.25, -0.2) is 4.89 Å². The van der Waals surface area contributed by atoms with Crippen LogP contribution in [0.15, 0.2) is 0 Å². The Morgan fingerprint density at radius 2 is 1.89 bits per heavy atom. The monoisotopic (exact) mass is 164 g/mol. The molecular weight excluding hydrogens is 160 g/mol. The van der Waals surface area contributed by atoms with Crippen molar-refractivity contribution in [2.45, 2.75) is 6.36 Å². The smallest absolute Gasteiger partial charge is 0.227 e. The lowest BCUT2D eigenvalue weighted by molar-refractivity contribution is -0.482. The first-order valence-electron chi connectivity index (χ1n) is 1.99. The SMILES string of the molecule is FC(F)(F)OOCCCl. The summed E-state index contributed by atoms with van der Waals surface area (Å²) in [5.74, 6) is -0.0317. The molecule has 0 aliphatic carbocycles. The Hall–Kier alpha value is 0. The van der Waals surface area contributed by atoms with Crippen LogP contribution >= 0.6 is 11.6 Å². The minimum absolute atomic E-state index is 0.0317. The van der Waals surface area contributed by atoms with Gasteiger partial charge in [0.1, 0.15) is 0 Å². The second-order valence-corrected chi connectivity index (χ2v) is 1.42. The Labute approximate surface area is 54.4 Å². The van der Waals surface area contributed by atoms with E-state index in [2.05, 4.69) is 9.78 Å². The van der Waals surface area contributed by atoms with Crippen molar-refractivity contribution in [3.05, 3.63) is 0 Å². The first-order valence-corrected chi connectivity index (χ1v) is 2.53. The first-order chi connectivity index (χ1) is 4.06. The Morgan fingerprint density at radius 1 is 1.33 bits per heavy atom. The maximum Gasteiger partial charge on any atom is 0.549 e. The van der Waals surface area contributed by atoms with Gasteiger partial charge in [0.15, 0.2) is 0 Å². The molecule has 0 aromatic rings. The summed E-state index contributed by atoms with van der Waals surface area (Å²) >= 11 is 4.96. The Morgan fingerprint density at radius 3 is 2.22 bits per heavy atom. The lowest BCUT2D eigenvalue weighted by atomic mass is 10.9. The van der Waals surface area contributed by atoms with Crippen molar-refractivity contribution in [1.29, 1.82) is 0 Å². The summed E-state index contributed by atoms with van der Waals surface area (Å²) in [5, 5.41) is 0. The molecule has 0 radical (unpaired) electrons. The highest BCUT2D eigenvalue weighted by Gasteiger charge is 2.30. The molecule has 0 aromatic carbocycles. The molecule has 0 aliphatic rings. The van der Waals surface area contributed by atoms with Gasteiger partial charge in [0.05, 0.1) is 6.61 Å². The van der Waals surface area contributed by atoms with Crippen molar-refractivity contribution in [2.24, 2.45) is 0 Å². The van der Waals surface area contributed by atoms with E-state index in [9.17, 15) is 13.2 Å². The summed E-state index contributed by atoms with van der Waals surface area (Å²) < 4.78 is 33.0. The van der Waals surface area contributed by atoms with Crippen LogP contribution in [0.5, 0.6) is 0 Å². The maximum atomic E-state index is 11.0. The Kier molecular flexibility index (Phi) is 3.92. The molecule has 2 nitrogen and oxygen atoms in total. The summed E-state index contributed by atoms with van der Waals surface area (Å²) in [5.41, 5.74) is 0. The van der Waals surface area contributed by atoms with E-state index in [1.807, 2.05) is 0 Å². The van der Waals surface area contributed by atoms with Crippen LogP contribution in [0.4, 0.5) is 13.2 Å². The van der Waals surface area contributed by atoms with Gasteiger partial charge in [0.2, 0.25) is 0 Å². The van der Waals surface area contributed by atoms with Crippen LogP contribution < -0.4 is 0 Å². The van der Waals surface area contributed by atoms with Crippen LogP contribution in [-0.2, 0) is 9.78 Å². The summed E-state index contributed by atoms with van der Waals surface area (Å²) in [6, 6.07) is 0. The fourth-order valence-electron chi connectivity index (χ4n) is 0.140. The first kappa shape index (κ1) is 9.00. The molecule has 0 N–H and O–H groups in total. The Balaban J connectivity index is 3.07. The normalized spacial score (nSPS) is 12.0. The number of hydrogen-bond acceptors (Lipinski definition) is 2. The molecule has 6 heteroatoms. The van der Waals surface area contributed by atoms with Crippen molar-refractivity contribution in [2.75, 3.05) is 12.5 Å². The fraction of sp³-hybridized carbons (Fsp3) is 1.00. The summed E-state index contributed by atoms with van der Waals surface area (Å²) in [6.07, 6.45) is -4.73. The number of hydrogen-bond donors (Lipinski definition) is 0. The zero-order chi connectivity index (χ0) is 7.33. The second kappa shape index (κ2) is 3.92. The lowest BCUT2D eigenvalue weighted by Gasteiger charge is -2.03. The molecule has 0 aliphatic heterocycles. The van der Waals surface area contributed by atoms with Gasteiger partial charge in [-0.2, -0.15) is 0 Å². The minimum Gasteiger partial charge on any atom is -0.227 e. The highest BCUT2D eigenvalue weighted by atomic mass is 35.5. The van der Waals surface area contributed by atoms with E-state index in [1.54, 1.807) is 0 Å². The quantitative estimate of drug-likeness (QED) is 0.274. The minimum atomic E-state index is -4.73. The molecule has 0 aromatic heterocycles. The third kappa shape index (κ3) is 8.00. The van der Waals surface area contributed by atoms with Gasteiger partial charge in [0, 0.05) is 5.88 Å². The molecule has 0 spiro atoms. The van der Waals surface area contributed by atoms with E-state index in [0.29, 0.717) is 0 Å². The van der Waals surface area contributed by atoms with E-state index in [1.165, 1.54) is 0 Å². The average molecular weight is 165 g/mol. The van der Waals surface area contributed by atoms with Crippen molar-refractivity contribution in [3.63, 3.8) is 0 Å². The van der Waals surface area contributed by atoms with Gasteiger partial charge in [-0.05, 0) is 0 Å². The third-order valence-corrected chi connectivity index (χ3v) is 0.468. The summed E-state index contributed by atoms with van der Waals surface area (Å²) in [7, 11) is 0. The molecule has 0 amide bonds. The topological polar surface area (TPSA) is 18.5 Å². The van der Waals surface area contributed by atoms with E-state index in [4.69, 9.17) is 11.6 Å². The van der Waals surface area contributed by atoms with Gasteiger partial charge in [-0.3, -0.25) is 0 Å². The molecule has 56 valence electrons. The molecule has 0 atom stereocenters. The van der Waals surface area contributed by atoms with Gasteiger partial charge >= 0.3 is 6.36 Å². The van der Waals surface area contributed by atoms with E-state index in [0.717, 1.165) is 0 Å². The highest BCUT2D eigenvalue weighted by molar-refractivity contribution is 6.17. The predicted octanol–water partition coefficient (Wildman–Crippen LogP) is 1.69. The molecule has 9 heavy (non-hydrogen) atoms. The molecule has 0 fully saturated rings. The summed E-state index contributed by atoms with van der Waals surface area (Å²) in [4.78, 5) is 6.48.